The van der Waals surface area contributed by atoms with Crippen LogP contribution in [0.5, 0.6) is 0 Å². The maximum Gasteiger partial charge on any atom is 0.223 e. The topological polar surface area (TPSA) is 55.1 Å². The lowest BCUT2D eigenvalue weighted by atomic mass is 9.65. The largest absolute Gasteiger partial charge is 0.353 e. The van der Waals surface area contributed by atoms with E-state index < -0.39 is 0 Å². The fraction of sp³-hybridized carbons (Fsp3) is 0.800. The Morgan fingerprint density at radius 3 is 2.61 bits per heavy atom. The van der Waals surface area contributed by atoms with Crippen LogP contribution < -0.4 is 11.1 Å². The van der Waals surface area contributed by atoms with Gasteiger partial charge in [-0.1, -0.05) is 12.5 Å². The van der Waals surface area contributed by atoms with Gasteiger partial charge in [0.2, 0.25) is 5.91 Å². The molecule has 0 aliphatic heterocycles. The summed E-state index contributed by atoms with van der Waals surface area (Å²) < 4.78 is 0. The lowest BCUT2D eigenvalue weighted by Crippen LogP contribution is -2.49. The number of carbonyl (C=O) groups is 1. The summed E-state index contributed by atoms with van der Waals surface area (Å²) in [7, 11) is 0. The molecule has 0 spiro atoms. The van der Waals surface area contributed by atoms with Gasteiger partial charge in [-0.05, 0) is 50.9 Å². The second-order valence-corrected chi connectivity index (χ2v) is 6.13. The maximum absolute atomic E-state index is 12.2. The van der Waals surface area contributed by atoms with Crippen LogP contribution in [0, 0.1) is 17.8 Å². The number of carbonyl (C=O) groups excluding carboxylic acids is 1. The fourth-order valence-corrected chi connectivity index (χ4v) is 3.67. The first kappa shape index (κ1) is 13.6. The van der Waals surface area contributed by atoms with Crippen molar-refractivity contribution in [1.29, 1.82) is 0 Å². The molecule has 2 rings (SSSR count). The first-order chi connectivity index (χ1) is 8.61. The molecule has 3 N–H and O–H groups in total. The van der Waals surface area contributed by atoms with Crippen LogP contribution in [0.1, 0.15) is 45.4 Å². The number of rotatable bonds is 4. The van der Waals surface area contributed by atoms with Gasteiger partial charge >= 0.3 is 0 Å². The molecule has 2 aliphatic carbocycles. The van der Waals surface area contributed by atoms with Gasteiger partial charge in [0.15, 0.2) is 0 Å². The number of nitrogens with one attached hydrogen (secondary N) is 1. The summed E-state index contributed by atoms with van der Waals surface area (Å²) in [6.07, 6.45) is 8.40. The standard InChI is InChI=1S/C15H26N2O/c1-3-5-10(2)17-15(18)13-8-11-6-4-7-12(9-13)14(11)16/h3,10-14H,1,4-9,16H2,2H3,(H,17,18). The monoisotopic (exact) mass is 250 g/mol. The van der Waals surface area contributed by atoms with Crippen LogP contribution in [0.15, 0.2) is 12.7 Å². The normalized spacial score (nSPS) is 36.8. The molecule has 3 atom stereocenters. The molecule has 3 nitrogen and oxygen atoms in total. The third-order valence-electron chi connectivity index (χ3n) is 4.69. The highest BCUT2D eigenvalue weighted by atomic mass is 16.1. The molecule has 0 radical (unpaired) electrons. The molecule has 0 aromatic carbocycles. The summed E-state index contributed by atoms with van der Waals surface area (Å²) in [4.78, 5) is 12.2. The Morgan fingerprint density at radius 2 is 2.06 bits per heavy atom. The van der Waals surface area contributed by atoms with Crippen LogP contribution in [0.3, 0.4) is 0 Å². The summed E-state index contributed by atoms with van der Waals surface area (Å²) in [5.74, 6) is 1.56. The molecular weight excluding hydrogens is 224 g/mol. The Hall–Kier alpha value is -0.830. The van der Waals surface area contributed by atoms with Gasteiger partial charge in [0.25, 0.3) is 0 Å². The molecule has 3 heteroatoms. The zero-order valence-corrected chi connectivity index (χ0v) is 11.4. The number of hydrogen-bond donors (Lipinski definition) is 2. The lowest BCUT2D eigenvalue weighted by Gasteiger charge is -2.43. The number of fused-ring (bicyclic) bond motifs is 2. The van der Waals surface area contributed by atoms with Crippen LogP contribution in [0.25, 0.3) is 0 Å². The van der Waals surface area contributed by atoms with Gasteiger partial charge < -0.3 is 11.1 Å². The minimum absolute atomic E-state index is 0.187. The molecule has 1 amide bonds. The van der Waals surface area contributed by atoms with E-state index in [-0.39, 0.29) is 17.9 Å². The molecule has 2 bridgehead atoms. The zero-order valence-electron chi connectivity index (χ0n) is 11.4. The van der Waals surface area contributed by atoms with E-state index in [2.05, 4.69) is 11.9 Å². The summed E-state index contributed by atoms with van der Waals surface area (Å²) in [5.41, 5.74) is 6.25. The quantitative estimate of drug-likeness (QED) is 0.752. The van der Waals surface area contributed by atoms with Crippen LogP contribution >= 0.6 is 0 Å². The second-order valence-electron chi connectivity index (χ2n) is 6.13. The van der Waals surface area contributed by atoms with Gasteiger partial charge in [-0.2, -0.15) is 0 Å². The minimum Gasteiger partial charge on any atom is -0.353 e. The van der Waals surface area contributed by atoms with E-state index in [0.29, 0.717) is 17.9 Å². The van der Waals surface area contributed by atoms with Gasteiger partial charge in [-0.15, -0.1) is 6.58 Å². The summed E-state index contributed by atoms with van der Waals surface area (Å²) in [6.45, 7) is 5.75. The molecular formula is C15H26N2O. The molecule has 0 aromatic rings. The van der Waals surface area contributed by atoms with Crippen molar-refractivity contribution in [1.82, 2.24) is 5.32 Å². The van der Waals surface area contributed by atoms with Gasteiger partial charge in [-0.3, -0.25) is 4.79 Å². The summed E-state index contributed by atoms with van der Waals surface area (Å²) in [6, 6.07) is 0.541. The molecule has 18 heavy (non-hydrogen) atoms. The van der Waals surface area contributed by atoms with Crippen LogP contribution in [0.2, 0.25) is 0 Å². The average Bonchev–Trinajstić information content (AvgIpc) is 2.28. The first-order valence-electron chi connectivity index (χ1n) is 7.28. The maximum atomic E-state index is 12.2. The highest BCUT2D eigenvalue weighted by Crippen LogP contribution is 2.41. The van der Waals surface area contributed by atoms with Crippen molar-refractivity contribution in [2.45, 2.75) is 57.5 Å². The third kappa shape index (κ3) is 2.94. The Balaban J connectivity index is 1.90. The van der Waals surface area contributed by atoms with Crippen molar-refractivity contribution < 1.29 is 4.79 Å². The van der Waals surface area contributed by atoms with Crippen LogP contribution in [0.4, 0.5) is 0 Å². The number of hydrogen-bond acceptors (Lipinski definition) is 2. The Morgan fingerprint density at radius 1 is 1.44 bits per heavy atom. The molecule has 0 heterocycles. The number of amides is 1. The average molecular weight is 250 g/mol. The molecule has 102 valence electrons. The predicted molar refractivity (Wildman–Crippen MR) is 73.9 cm³/mol. The predicted octanol–water partition coefficient (Wildman–Crippen LogP) is 2.22. The van der Waals surface area contributed by atoms with E-state index >= 15 is 0 Å². The fourth-order valence-electron chi connectivity index (χ4n) is 3.67. The minimum atomic E-state index is 0.187. The van der Waals surface area contributed by atoms with Gasteiger partial charge in [0, 0.05) is 18.0 Å². The molecule has 3 unspecified atom stereocenters. The summed E-state index contributed by atoms with van der Waals surface area (Å²) >= 11 is 0. The van der Waals surface area contributed by atoms with Crippen LogP contribution in [-0.4, -0.2) is 18.0 Å². The van der Waals surface area contributed by atoms with E-state index in [4.69, 9.17) is 5.73 Å². The van der Waals surface area contributed by atoms with E-state index in [1.54, 1.807) is 0 Å². The SMILES string of the molecule is C=CCC(C)NC(=O)C1CC2CCCC(C1)C2N. The van der Waals surface area contributed by atoms with E-state index in [1.807, 2.05) is 13.0 Å². The molecule has 0 saturated heterocycles. The van der Waals surface area contributed by atoms with Crippen molar-refractivity contribution >= 4 is 5.91 Å². The zero-order chi connectivity index (χ0) is 13.1. The second kappa shape index (κ2) is 5.87. The Kier molecular flexibility index (Phi) is 4.44. The van der Waals surface area contributed by atoms with Crippen molar-refractivity contribution in [2.75, 3.05) is 0 Å². The Labute approximate surface area is 110 Å². The van der Waals surface area contributed by atoms with E-state index in [9.17, 15) is 4.79 Å². The van der Waals surface area contributed by atoms with Crippen molar-refractivity contribution in [3.63, 3.8) is 0 Å². The molecule has 0 aromatic heterocycles. The first-order valence-corrected chi connectivity index (χ1v) is 7.28. The van der Waals surface area contributed by atoms with Crippen molar-refractivity contribution in [3.05, 3.63) is 12.7 Å². The van der Waals surface area contributed by atoms with Crippen LogP contribution in [-0.2, 0) is 4.79 Å². The lowest BCUT2D eigenvalue weighted by molar-refractivity contribution is -0.128. The highest BCUT2D eigenvalue weighted by molar-refractivity contribution is 5.79. The number of nitrogens with two attached hydrogens (primary N) is 1. The van der Waals surface area contributed by atoms with E-state index in [1.165, 1.54) is 19.3 Å². The van der Waals surface area contributed by atoms with Crippen molar-refractivity contribution in [2.24, 2.45) is 23.5 Å². The van der Waals surface area contributed by atoms with Gasteiger partial charge in [0.05, 0.1) is 0 Å². The van der Waals surface area contributed by atoms with Crippen molar-refractivity contribution in [3.8, 4) is 0 Å². The van der Waals surface area contributed by atoms with E-state index in [0.717, 1.165) is 19.3 Å². The molecule has 2 aliphatic rings. The molecule has 2 fully saturated rings. The summed E-state index contributed by atoms with van der Waals surface area (Å²) in [5, 5.41) is 3.10. The highest BCUT2D eigenvalue weighted by Gasteiger charge is 2.40. The Bertz CT molecular complexity index is 302. The van der Waals surface area contributed by atoms with Gasteiger partial charge in [0.1, 0.15) is 0 Å². The molecule has 2 saturated carbocycles. The smallest absolute Gasteiger partial charge is 0.223 e. The van der Waals surface area contributed by atoms with Gasteiger partial charge in [-0.25, -0.2) is 0 Å². The third-order valence-corrected chi connectivity index (χ3v) is 4.69.